The van der Waals surface area contributed by atoms with Crippen molar-refractivity contribution in [1.29, 1.82) is 0 Å². The number of benzene rings is 2. The first-order valence-corrected chi connectivity index (χ1v) is 9.02. The highest BCUT2D eigenvalue weighted by atomic mass is 32.2. The van der Waals surface area contributed by atoms with Crippen molar-refractivity contribution in [2.75, 3.05) is 31.1 Å². The molecular weight excluding hydrogens is 288 g/mol. The molecule has 2 aliphatic heterocycles. The van der Waals surface area contributed by atoms with Gasteiger partial charge in [-0.3, -0.25) is 0 Å². The Hall–Kier alpha value is -1.45. The van der Waals surface area contributed by atoms with Crippen molar-refractivity contribution < 1.29 is 0 Å². The summed E-state index contributed by atoms with van der Waals surface area (Å²) in [5, 5.41) is 0. The maximum Gasteiger partial charge on any atom is 0.0552 e. The normalized spacial score (nSPS) is 20.8. The predicted octanol–water partition coefficient (Wildman–Crippen LogP) is 4.63. The van der Waals surface area contributed by atoms with E-state index in [2.05, 4.69) is 65.3 Å². The third-order valence-corrected chi connectivity index (χ3v) is 5.92. The van der Waals surface area contributed by atoms with E-state index in [9.17, 15) is 0 Å². The molecule has 0 spiro atoms. The molecule has 0 saturated carbocycles. The van der Waals surface area contributed by atoms with Gasteiger partial charge in [0.05, 0.1) is 11.4 Å². The quantitative estimate of drug-likeness (QED) is 0.816. The van der Waals surface area contributed by atoms with E-state index in [1.54, 1.807) is 0 Å². The molecule has 0 aromatic heterocycles. The van der Waals surface area contributed by atoms with Gasteiger partial charge in [0, 0.05) is 22.9 Å². The van der Waals surface area contributed by atoms with Gasteiger partial charge in [0.2, 0.25) is 0 Å². The maximum atomic E-state index is 2.57. The van der Waals surface area contributed by atoms with Crippen molar-refractivity contribution in [3.8, 4) is 0 Å². The number of fused-ring (bicyclic) bond motifs is 2. The van der Waals surface area contributed by atoms with Crippen LogP contribution in [-0.4, -0.2) is 31.1 Å². The number of hydrogen-bond donors (Lipinski definition) is 0. The van der Waals surface area contributed by atoms with Crippen LogP contribution >= 0.6 is 11.8 Å². The van der Waals surface area contributed by atoms with E-state index in [1.807, 2.05) is 11.8 Å². The predicted molar refractivity (Wildman–Crippen MR) is 94.2 cm³/mol. The van der Waals surface area contributed by atoms with Crippen molar-refractivity contribution in [1.82, 2.24) is 4.90 Å². The van der Waals surface area contributed by atoms with Gasteiger partial charge in [-0.15, -0.1) is 0 Å². The van der Waals surface area contributed by atoms with E-state index in [-0.39, 0.29) is 0 Å². The molecule has 22 heavy (non-hydrogen) atoms. The molecule has 1 unspecified atom stereocenters. The second kappa shape index (κ2) is 5.98. The summed E-state index contributed by atoms with van der Waals surface area (Å²) in [6.07, 6.45) is 1.32. The van der Waals surface area contributed by atoms with Crippen molar-refractivity contribution in [2.24, 2.45) is 5.92 Å². The van der Waals surface area contributed by atoms with Crippen molar-refractivity contribution in [3.63, 3.8) is 0 Å². The molecule has 1 fully saturated rings. The van der Waals surface area contributed by atoms with Crippen LogP contribution in [0.2, 0.25) is 0 Å². The molecule has 0 amide bonds. The fourth-order valence-corrected chi connectivity index (χ4v) is 4.68. The van der Waals surface area contributed by atoms with Crippen LogP contribution in [0, 0.1) is 5.92 Å². The molecule has 3 heteroatoms. The van der Waals surface area contributed by atoms with Crippen LogP contribution < -0.4 is 4.90 Å². The lowest BCUT2D eigenvalue weighted by Crippen LogP contribution is -2.29. The summed E-state index contributed by atoms with van der Waals surface area (Å²) >= 11 is 1.90. The van der Waals surface area contributed by atoms with Crippen LogP contribution in [0.15, 0.2) is 58.3 Å². The zero-order valence-corrected chi connectivity index (χ0v) is 13.9. The van der Waals surface area contributed by atoms with Crippen molar-refractivity contribution in [3.05, 3.63) is 48.5 Å². The van der Waals surface area contributed by atoms with Gasteiger partial charge in [0.1, 0.15) is 0 Å². The van der Waals surface area contributed by atoms with Crippen LogP contribution in [0.1, 0.15) is 13.3 Å². The molecule has 2 aromatic carbocycles. The highest BCUT2D eigenvalue weighted by molar-refractivity contribution is 7.99. The second-order valence-electron chi connectivity index (χ2n) is 6.20. The van der Waals surface area contributed by atoms with E-state index >= 15 is 0 Å². The average Bonchev–Trinajstić information content (AvgIpc) is 3.02. The van der Waals surface area contributed by atoms with E-state index < -0.39 is 0 Å². The summed E-state index contributed by atoms with van der Waals surface area (Å²) in [6.45, 7) is 7.08. The smallest absolute Gasteiger partial charge is 0.0552 e. The molecule has 2 aromatic rings. The molecule has 2 nitrogen and oxygen atoms in total. The fraction of sp³-hybridized carbons (Fsp3) is 0.368. The number of nitrogens with zero attached hydrogens (tertiary/aromatic N) is 2. The van der Waals surface area contributed by atoms with Crippen LogP contribution in [0.4, 0.5) is 11.4 Å². The summed E-state index contributed by atoms with van der Waals surface area (Å²) in [5.74, 6) is 0.768. The van der Waals surface area contributed by atoms with Gasteiger partial charge in [-0.1, -0.05) is 43.0 Å². The molecule has 114 valence electrons. The number of para-hydroxylation sites is 2. The van der Waals surface area contributed by atoms with Crippen molar-refractivity contribution in [2.45, 2.75) is 23.1 Å². The van der Waals surface area contributed by atoms with Gasteiger partial charge in [0.15, 0.2) is 0 Å². The van der Waals surface area contributed by atoms with Crippen LogP contribution in [-0.2, 0) is 0 Å². The maximum absolute atomic E-state index is 2.57. The van der Waals surface area contributed by atoms with Gasteiger partial charge in [-0.25, -0.2) is 0 Å². The topological polar surface area (TPSA) is 6.48 Å². The third-order valence-electron chi connectivity index (χ3n) is 4.79. The second-order valence-corrected chi connectivity index (χ2v) is 7.28. The van der Waals surface area contributed by atoms with Gasteiger partial charge in [-0.2, -0.15) is 0 Å². The molecule has 0 N–H and O–H groups in total. The molecule has 1 saturated heterocycles. The Morgan fingerprint density at radius 2 is 1.64 bits per heavy atom. The minimum absolute atomic E-state index is 0.768. The van der Waals surface area contributed by atoms with Gasteiger partial charge in [-0.05, 0) is 49.7 Å². The van der Waals surface area contributed by atoms with Gasteiger partial charge < -0.3 is 9.80 Å². The van der Waals surface area contributed by atoms with E-state index in [4.69, 9.17) is 0 Å². The molecule has 0 bridgehead atoms. The zero-order valence-electron chi connectivity index (χ0n) is 13.0. The van der Waals surface area contributed by atoms with Crippen LogP contribution in [0.25, 0.3) is 0 Å². The number of likely N-dealkylation sites (tertiary alicyclic amines) is 1. The highest BCUT2D eigenvalue weighted by Gasteiger charge is 2.28. The summed E-state index contributed by atoms with van der Waals surface area (Å²) in [7, 11) is 0. The Bertz CT molecular complexity index is 624. The molecular formula is C19H22N2S. The Kier molecular flexibility index (Phi) is 3.85. The third kappa shape index (κ3) is 2.53. The summed E-state index contributed by atoms with van der Waals surface area (Å²) in [6, 6.07) is 17.6. The largest absolute Gasteiger partial charge is 0.339 e. The SMILES string of the molecule is CCN1CCC(CN2c3ccccc3Sc3ccccc32)C1. The fourth-order valence-electron chi connectivity index (χ4n) is 3.59. The minimum atomic E-state index is 0.768. The minimum Gasteiger partial charge on any atom is -0.339 e. The Morgan fingerprint density at radius 3 is 2.23 bits per heavy atom. The van der Waals surface area contributed by atoms with Gasteiger partial charge >= 0.3 is 0 Å². The first-order chi connectivity index (χ1) is 10.8. The Balaban J connectivity index is 1.66. The monoisotopic (exact) mass is 310 g/mol. The molecule has 0 aliphatic carbocycles. The van der Waals surface area contributed by atoms with Gasteiger partial charge in [0.25, 0.3) is 0 Å². The highest BCUT2D eigenvalue weighted by Crippen LogP contribution is 2.48. The standard InChI is InChI=1S/C19H22N2S/c1-2-20-12-11-15(13-20)14-21-16-7-3-5-9-18(16)22-19-10-6-4-8-17(19)21/h3-10,15H,2,11-14H2,1H3. The molecule has 2 heterocycles. The molecule has 4 rings (SSSR count). The molecule has 2 aliphatic rings. The summed E-state index contributed by atoms with van der Waals surface area (Å²) in [4.78, 5) is 7.88. The van der Waals surface area contributed by atoms with E-state index in [0.29, 0.717) is 0 Å². The van der Waals surface area contributed by atoms with Crippen LogP contribution in [0.3, 0.4) is 0 Å². The van der Waals surface area contributed by atoms with E-state index in [0.717, 1.165) is 12.5 Å². The lowest BCUT2D eigenvalue weighted by atomic mass is 10.1. The lowest BCUT2D eigenvalue weighted by Gasteiger charge is -2.34. The number of hydrogen-bond acceptors (Lipinski definition) is 3. The first kappa shape index (κ1) is 14.2. The summed E-state index contributed by atoms with van der Waals surface area (Å²) < 4.78 is 0. The lowest BCUT2D eigenvalue weighted by molar-refractivity contribution is 0.343. The molecule has 1 atom stereocenters. The first-order valence-electron chi connectivity index (χ1n) is 8.21. The Morgan fingerprint density at radius 1 is 1.00 bits per heavy atom. The van der Waals surface area contributed by atoms with Crippen LogP contribution in [0.5, 0.6) is 0 Å². The van der Waals surface area contributed by atoms with Crippen molar-refractivity contribution >= 4 is 23.1 Å². The average molecular weight is 310 g/mol. The number of rotatable bonds is 3. The Labute approximate surface area is 137 Å². The zero-order chi connectivity index (χ0) is 14.9. The number of anilines is 2. The summed E-state index contributed by atoms with van der Waals surface area (Å²) in [5.41, 5.74) is 2.75. The molecule has 0 radical (unpaired) electrons. The van der Waals surface area contributed by atoms with E-state index in [1.165, 1.54) is 47.2 Å².